The zero-order chi connectivity index (χ0) is 29.4. The van der Waals surface area contributed by atoms with Crippen LogP contribution in [0, 0.1) is 0 Å². The van der Waals surface area contributed by atoms with E-state index in [9.17, 15) is 13.2 Å². The second-order valence-corrected chi connectivity index (χ2v) is 12.9. The number of carbonyl (C=O) groups excluding carboxylic acids is 1. The number of nitrogens with one attached hydrogen (secondary N) is 1. The van der Waals surface area contributed by atoms with Crippen molar-refractivity contribution >= 4 is 55.0 Å². The summed E-state index contributed by atoms with van der Waals surface area (Å²) >= 11 is 1.11. The molecule has 0 saturated carbocycles. The number of pyridine rings is 1. The van der Waals surface area contributed by atoms with Gasteiger partial charge in [-0.3, -0.25) is 4.79 Å². The molecule has 10 heteroatoms. The van der Waals surface area contributed by atoms with Crippen LogP contribution in [0.5, 0.6) is 5.75 Å². The predicted octanol–water partition coefficient (Wildman–Crippen LogP) is 6.40. The van der Waals surface area contributed by atoms with Crippen molar-refractivity contribution in [2.24, 2.45) is 0 Å². The van der Waals surface area contributed by atoms with E-state index in [1.165, 1.54) is 6.07 Å². The lowest BCUT2D eigenvalue weighted by molar-refractivity contribution is -0.118. The van der Waals surface area contributed by atoms with Gasteiger partial charge in [0.15, 0.2) is 4.21 Å². The molecule has 0 atom stereocenters. The molecule has 0 unspecified atom stereocenters. The van der Waals surface area contributed by atoms with Gasteiger partial charge in [0.2, 0.25) is 5.91 Å². The number of hydrogen-bond acceptors (Lipinski definition) is 7. The number of likely N-dealkylation sites (N-methyl/N-ethyl adjacent to an activating group) is 2. The van der Waals surface area contributed by atoms with E-state index in [0.29, 0.717) is 12.2 Å². The van der Waals surface area contributed by atoms with Gasteiger partial charge in [0.05, 0.1) is 6.54 Å². The summed E-state index contributed by atoms with van der Waals surface area (Å²) in [4.78, 5) is 24.2. The average molecular weight is 597 g/mol. The van der Waals surface area contributed by atoms with E-state index >= 15 is 0 Å². The number of amides is 1. The quantitative estimate of drug-likeness (QED) is 0.204. The van der Waals surface area contributed by atoms with E-state index in [1.807, 2.05) is 79.8 Å². The third-order valence-corrected chi connectivity index (χ3v) is 9.60. The molecule has 1 N–H and O–H groups in total. The first-order valence-corrected chi connectivity index (χ1v) is 15.5. The van der Waals surface area contributed by atoms with Gasteiger partial charge in [0, 0.05) is 46.3 Å². The van der Waals surface area contributed by atoms with Crippen LogP contribution in [0.3, 0.4) is 0 Å². The first-order valence-electron chi connectivity index (χ1n) is 13.2. The molecule has 212 valence electrons. The summed E-state index contributed by atoms with van der Waals surface area (Å²) in [6.07, 6.45) is 1.84. The molecule has 3 heterocycles. The minimum Gasteiger partial charge on any atom is -0.378 e. The van der Waals surface area contributed by atoms with E-state index < -0.39 is 10.1 Å². The lowest BCUT2D eigenvalue weighted by Crippen LogP contribution is -2.34. The number of hydrogen-bond donors (Lipinski definition) is 1. The molecule has 0 bridgehead atoms. The number of aromatic nitrogens is 2. The maximum absolute atomic E-state index is 12.8. The van der Waals surface area contributed by atoms with Gasteiger partial charge in [-0.1, -0.05) is 48.5 Å². The molecule has 0 radical (unpaired) electrons. The Hall–Kier alpha value is -4.51. The second-order valence-electron chi connectivity index (χ2n) is 10.2. The minimum absolute atomic E-state index is 0.00119. The van der Waals surface area contributed by atoms with Crippen molar-refractivity contribution in [2.45, 2.75) is 4.21 Å². The topological polar surface area (TPSA) is 95.6 Å². The standard InChI is InChI=1S/C32H28N4O4S2/c1-35(2)20-28(37)36(3)23-13-11-21(12-14-23)26-19-33-32-31(30(26)22-8-5-4-6-9-22)25-18-24(15-16-27(25)34-32)40-42(38,39)29-10-7-17-41-29/h4-19H,20H2,1-3H3,(H,33,34). The average Bonchev–Trinajstić information content (AvgIpc) is 3.66. The smallest absolute Gasteiger partial charge is 0.348 e. The van der Waals surface area contributed by atoms with Crippen molar-refractivity contribution in [3.63, 3.8) is 0 Å². The number of anilines is 1. The minimum atomic E-state index is -3.95. The van der Waals surface area contributed by atoms with Crippen molar-refractivity contribution in [1.29, 1.82) is 0 Å². The zero-order valence-corrected chi connectivity index (χ0v) is 24.9. The maximum Gasteiger partial charge on any atom is 0.348 e. The van der Waals surface area contributed by atoms with Crippen molar-refractivity contribution < 1.29 is 17.4 Å². The Balaban J connectivity index is 1.48. The number of aromatic amines is 1. The van der Waals surface area contributed by atoms with Gasteiger partial charge in [-0.15, -0.1) is 11.3 Å². The molecule has 0 aliphatic carbocycles. The van der Waals surface area contributed by atoms with E-state index in [2.05, 4.69) is 4.98 Å². The molecule has 3 aromatic heterocycles. The van der Waals surface area contributed by atoms with Crippen LogP contribution in [0.15, 0.2) is 101 Å². The van der Waals surface area contributed by atoms with Crippen LogP contribution < -0.4 is 9.08 Å². The number of carbonyl (C=O) groups is 1. The molecule has 0 aliphatic heterocycles. The SMILES string of the molecule is CN(C)CC(=O)N(C)c1ccc(-c2cnc3[nH]c4ccc(OS(=O)(=O)c5cccs5)cc4c3c2-c2ccccc2)cc1. The summed E-state index contributed by atoms with van der Waals surface area (Å²) in [5.74, 6) is 0.217. The van der Waals surface area contributed by atoms with Gasteiger partial charge in [-0.05, 0) is 67.0 Å². The Morgan fingerprint density at radius 1 is 0.929 bits per heavy atom. The molecular weight excluding hydrogens is 569 g/mol. The highest BCUT2D eigenvalue weighted by Crippen LogP contribution is 2.41. The largest absolute Gasteiger partial charge is 0.378 e. The molecule has 6 rings (SSSR count). The van der Waals surface area contributed by atoms with Crippen LogP contribution in [-0.4, -0.2) is 56.9 Å². The molecule has 8 nitrogen and oxygen atoms in total. The van der Waals surface area contributed by atoms with Crippen molar-refractivity contribution in [1.82, 2.24) is 14.9 Å². The number of fused-ring (bicyclic) bond motifs is 3. The molecule has 0 spiro atoms. The predicted molar refractivity (Wildman–Crippen MR) is 169 cm³/mol. The summed E-state index contributed by atoms with van der Waals surface area (Å²) in [6.45, 7) is 0.317. The lowest BCUT2D eigenvalue weighted by Gasteiger charge is -2.20. The van der Waals surface area contributed by atoms with Crippen LogP contribution in [0.2, 0.25) is 0 Å². The van der Waals surface area contributed by atoms with Gasteiger partial charge in [0.25, 0.3) is 0 Å². The first-order chi connectivity index (χ1) is 20.2. The summed E-state index contributed by atoms with van der Waals surface area (Å²) in [7, 11) is 1.55. The first kappa shape index (κ1) is 27.6. The number of thiophene rings is 1. The van der Waals surface area contributed by atoms with E-state index in [0.717, 1.165) is 55.6 Å². The number of H-pyrrole nitrogens is 1. The van der Waals surface area contributed by atoms with Gasteiger partial charge >= 0.3 is 10.1 Å². The highest BCUT2D eigenvalue weighted by molar-refractivity contribution is 7.89. The normalized spacial score (nSPS) is 11.8. The van der Waals surface area contributed by atoms with Crippen LogP contribution in [0.4, 0.5) is 5.69 Å². The lowest BCUT2D eigenvalue weighted by atomic mass is 9.92. The van der Waals surface area contributed by atoms with Crippen LogP contribution >= 0.6 is 11.3 Å². The summed E-state index contributed by atoms with van der Waals surface area (Å²) in [5.41, 5.74) is 6.06. The Labute approximate surface area is 247 Å². The Morgan fingerprint density at radius 3 is 2.38 bits per heavy atom. The van der Waals surface area contributed by atoms with Gasteiger partial charge in [-0.25, -0.2) is 4.98 Å². The van der Waals surface area contributed by atoms with Gasteiger partial charge in [-0.2, -0.15) is 8.42 Å². The van der Waals surface area contributed by atoms with E-state index in [1.54, 1.807) is 41.6 Å². The second kappa shape index (κ2) is 11.1. The van der Waals surface area contributed by atoms with Crippen LogP contribution in [0.1, 0.15) is 0 Å². The fourth-order valence-corrected chi connectivity index (χ4v) is 6.84. The number of rotatable bonds is 8. The van der Waals surface area contributed by atoms with Gasteiger partial charge in [0.1, 0.15) is 11.4 Å². The number of nitrogens with zero attached hydrogens (tertiary/aromatic N) is 3. The fraction of sp³-hybridized carbons (Fsp3) is 0.125. The highest BCUT2D eigenvalue weighted by Gasteiger charge is 2.21. The maximum atomic E-state index is 12.8. The van der Waals surface area contributed by atoms with Crippen molar-refractivity contribution in [2.75, 3.05) is 32.6 Å². The molecule has 42 heavy (non-hydrogen) atoms. The molecule has 1 amide bonds. The monoisotopic (exact) mass is 596 g/mol. The summed E-state index contributed by atoms with van der Waals surface area (Å²) in [6, 6.07) is 26.2. The van der Waals surface area contributed by atoms with E-state index in [4.69, 9.17) is 9.17 Å². The number of benzene rings is 3. The third-order valence-electron chi connectivity index (χ3n) is 6.99. The molecule has 0 aliphatic rings. The molecule has 6 aromatic rings. The molecule has 0 saturated heterocycles. The van der Waals surface area contributed by atoms with E-state index in [-0.39, 0.29) is 15.9 Å². The molecule has 0 fully saturated rings. The Kier molecular flexibility index (Phi) is 7.28. The summed E-state index contributed by atoms with van der Waals surface area (Å²) in [5, 5.41) is 3.35. The third kappa shape index (κ3) is 5.27. The molecular formula is C32H28N4O4S2. The van der Waals surface area contributed by atoms with Crippen LogP contribution in [-0.2, 0) is 14.9 Å². The van der Waals surface area contributed by atoms with Crippen LogP contribution in [0.25, 0.3) is 44.2 Å². The Bertz CT molecular complexity index is 2000. The highest BCUT2D eigenvalue weighted by atomic mass is 32.3. The summed E-state index contributed by atoms with van der Waals surface area (Å²) < 4.78 is 31.3. The zero-order valence-electron chi connectivity index (χ0n) is 23.2. The molecule has 3 aromatic carbocycles. The fourth-order valence-electron chi connectivity index (χ4n) is 4.97. The van der Waals surface area contributed by atoms with Gasteiger partial charge < -0.3 is 19.0 Å². The van der Waals surface area contributed by atoms with Crippen molar-refractivity contribution in [3.8, 4) is 28.0 Å². The Morgan fingerprint density at radius 2 is 1.69 bits per heavy atom. The van der Waals surface area contributed by atoms with Crippen molar-refractivity contribution in [3.05, 3.63) is 96.5 Å².